The van der Waals surface area contributed by atoms with Gasteiger partial charge in [-0.25, -0.2) is 4.68 Å². The Morgan fingerprint density at radius 3 is 2.77 bits per heavy atom. The first kappa shape index (κ1) is 16.0. The predicted octanol–water partition coefficient (Wildman–Crippen LogP) is 3.22. The highest BCUT2D eigenvalue weighted by Gasteiger charge is 2.18. The van der Waals surface area contributed by atoms with Crippen molar-refractivity contribution in [2.75, 3.05) is 5.32 Å². The van der Waals surface area contributed by atoms with Crippen LogP contribution in [0.2, 0.25) is 5.02 Å². The molecule has 0 aliphatic carbocycles. The van der Waals surface area contributed by atoms with E-state index in [2.05, 4.69) is 25.8 Å². The molecule has 2 aromatic heterocycles. The van der Waals surface area contributed by atoms with Crippen LogP contribution in [0.5, 0.6) is 0 Å². The fourth-order valence-corrected chi connectivity index (χ4v) is 2.42. The molecule has 0 saturated heterocycles. The van der Waals surface area contributed by atoms with Gasteiger partial charge in [0.25, 0.3) is 0 Å². The number of rotatable bonds is 4. The molecule has 2 heterocycles. The van der Waals surface area contributed by atoms with Crippen LogP contribution >= 0.6 is 11.6 Å². The Morgan fingerprint density at radius 2 is 1.96 bits per heavy atom. The van der Waals surface area contributed by atoms with Gasteiger partial charge in [0.1, 0.15) is 0 Å². The van der Waals surface area contributed by atoms with E-state index >= 15 is 0 Å². The lowest BCUT2D eigenvalue weighted by molar-refractivity contribution is 0.0981. The lowest BCUT2D eigenvalue weighted by atomic mass is 10.3. The van der Waals surface area contributed by atoms with E-state index in [1.807, 2.05) is 24.3 Å². The van der Waals surface area contributed by atoms with Gasteiger partial charge < -0.3 is 9.84 Å². The number of carbonyl (C=O) groups excluding carboxylic acids is 1. The van der Waals surface area contributed by atoms with Crippen LogP contribution in [-0.4, -0.2) is 31.0 Å². The van der Waals surface area contributed by atoms with Gasteiger partial charge in [0.15, 0.2) is 5.69 Å². The summed E-state index contributed by atoms with van der Waals surface area (Å²) < 4.78 is 6.54. The van der Waals surface area contributed by atoms with Crippen LogP contribution in [0.1, 0.15) is 10.7 Å². The van der Waals surface area contributed by atoms with Crippen molar-refractivity contribution in [2.24, 2.45) is 0 Å². The molecule has 0 aliphatic rings. The summed E-state index contributed by atoms with van der Waals surface area (Å²) in [5.74, 6) is -0.505. The third-order valence-electron chi connectivity index (χ3n) is 3.45. The molecule has 0 radical (unpaired) electrons. The molecule has 4 aromatic rings. The maximum atomic E-state index is 12.2. The standard InChI is InChI=1S/C17H11ClN6O2/c18-11-5-4-8-13(9-11)24-10-14(21-23-24)15-20-17(26-22-15)16(25)19-12-6-2-1-3-7-12/h1-10H,(H,19,25). The van der Waals surface area contributed by atoms with Crippen LogP contribution < -0.4 is 5.32 Å². The zero-order valence-electron chi connectivity index (χ0n) is 13.2. The molecule has 0 bridgehead atoms. The van der Waals surface area contributed by atoms with Gasteiger partial charge >= 0.3 is 11.8 Å². The van der Waals surface area contributed by atoms with Crippen molar-refractivity contribution < 1.29 is 9.32 Å². The largest absolute Gasteiger partial charge is 0.328 e. The number of aromatic nitrogens is 5. The number of halogens is 1. The van der Waals surface area contributed by atoms with Gasteiger partial charge in [0.2, 0.25) is 5.82 Å². The molecular weight excluding hydrogens is 356 g/mol. The normalized spacial score (nSPS) is 10.7. The summed E-state index contributed by atoms with van der Waals surface area (Å²) in [6, 6.07) is 16.1. The number of amides is 1. The molecular formula is C17H11ClN6O2. The predicted molar refractivity (Wildman–Crippen MR) is 94.1 cm³/mol. The zero-order valence-corrected chi connectivity index (χ0v) is 14.0. The highest BCUT2D eigenvalue weighted by molar-refractivity contribution is 6.30. The quantitative estimate of drug-likeness (QED) is 0.595. The van der Waals surface area contributed by atoms with Gasteiger partial charge in [-0.3, -0.25) is 4.79 Å². The maximum absolute atomic E-state index is 12.2. The first-order chi connectivity index (χ1) is 12.7. The Labute approximate surface area is 152 Å². The average molecular weight is 367 g/mol. The van der Waals surface area contributed by atoms with E-state index in [-0.39, 0.29) is 11.7 Å². The van der Waals surface area contributed by atoms with Gasteiger partial charge in [0, 0.05) is 10.7 Å². The first-order valence-electron chi connectivity index (χ1n) is 7.58. The number of hydrogen-bond donors (Lipinski definition) is 1. The van der Waals surface area contributed by atoms with E-state index < -0.39 is 5.91 Å². The molecule has 0 atom stereocenters. The summed E-state index contributed by atoms with van der Waals surface area (Å²) in [5.41, 5.74) is 1.73. The summed E-state index contributed by atoms with van der Waals surface area (Å²) in [6.45, 7) is 0. The molecule has 0 fully saturated rings. The molecule has 0 unspecified atom stereocenters. The van der Waals surface area contributed by atoms with E-state index in [0.717, 1.165) is 5.69 Å². The average Bonchev–Trinajstić information content (AvgIpc) is 3.32. The molecule has 2 aromatic carbocycles. The third kappa shape index (κ3) is 3.31. The molecule has 0 saturated carbocycles. The summed E-state index contributed by atoms with van der Waals surface area (Å²) in [6.07, 6.45) is 1.62. The summed E-state index contributed by atoms with van der Waals surface area (Å²) >= 11 is 5.98. The Kier molecular flexibility index (Phi) is 4.16. The van der Waals surface area contributed by atoms with Crippen LogP contribution in [0, 0.1) is 0 Å². The van der Waals surface area contributed by atoms with Crippen molar-refractivity contribution in [1.29, 1.82) is 0 Å². The molecule has 0 aliphatic heterocycles. The number of anilines is 1. The molecule has 8 nitrogen and oxygen atoms in total. The highest BCUT2D eigenvalue weighted by atomic mass is 35.5. The maximum Gasteiger partial charge on any atom is 0.316 e. The number of benzene rings is 2. The van der Waals surface area contributed by atoms with Crippen LogP contribution in [-0.2, 0) is 0 Å². The second-order valence-electron chi connectivity index (χ2n) is 5.27. The lowest BCUT2D eigenvalue weighted by Crippen LogP contribution is -2.12. The van der Waals surface area contributed by atoms with Crippen molar-refractivity contribution in [2.45, 2.75) is 0 Å². The van der Waals surface area contributed by atoms with Crippen LogP contribution in [0.25, 0.3) is 17.2 Å². The van der Waals surface area contributed by atoms with E-state index in [9.17, 15) is 4.79 Å². The highest BCUT2D eigenvalue weighted by Crippen LogP contribution is 2.18. The van der Waals surface area contributed by atoms with Crippen molar-refractivity contribution in [1.82, 2.24) is 25.1 Å². The fourth-order valence-electron chi connectivity index (χ4n) is 2.24. The van der Waals surface area contributed by atoms with Gasteiger partial charge in [-0.2, -0.15) is 4.98 Å². The van der Waals surface area contributed by atoms with Gasteiger partial charge in [-0.05, 0) is 30.3 Å². The lowest BCUT2D eigenvalue weighted by Gasteiger charge is -1.99. The van der Waals surface area contributed by atoms with Crippen molar-refractivity contribution >= 4 is 23.2 Å². The molecule has 128 valence electrons. The van der Waals surface area contributed by atoms with E-state index in [1.165, 1.54) is 4.68 Å². The molecule has 0 spiro atoms. The van der Waals surface area contributed by atoms with E-state index in [0.29, 0.717) is 16.4 Å². The topological polar surface area (TPSA) is 98.7 Å². The second kappa shape index (κ2) is 6.77. The molecule has 26 heavy (non-hydrogen) atoms. The Hall–Kier alpha value is -3.52. The molecule has 1 amide bonds. The fraction of sp³-hybridized carbons (Fsp3) is 0. The summed E-state index contributed by atoms with van der Waals surface area (Å²) in [5, 5.41) is 15.1. The monoisotopic (exact) mass is 366 g/mol. The summed E-state index contributed by atoms with van der Waals surface area (Å²) in [4.78, 5) is 16.2. The minimum absolute atomic E-state index is 0.163. The molecule has 1 N–H and O–H groups in total. The zero-order chi connectivity index (χ0) is 17.9. The van der Waals surface area contributed by atoms with E-state index in [4.69, 9.17) is 16.1 Å². The van der Waals surface area contributed by atoms with Crippen LogP contribution in [0.3, 0.4) is 0 Å². The Balaban J connectivity index is 1.54. The third-order valence-corrected chi connectivity index (χ3v) is 3.68. The summed E-state index contributed by atoms with van der Waals surface area (Å²) in [7, 11) is 0. The van der Waals surface area contributed by atoms with Crippen molar-refractivity contribution in [3.8, 4) is 17.2 Å². The Bertz CT molecular complexity index is 1060. The second-order valence-corrected chi connectivity index (χ2v) is 5.71. The molecule has 9 heteroatoms. The van der Waals surface area contributed by atoms with Gasteiger partial charge in [-0.15, -0.1) is 5.10 Å². The number of hydrogen-bond acceptors (Lipinski definition) is 6. The van der Waals surface area contributed by atoms with Crippen molar-refractivity contribution in [3.05, 3.63) is 71.7 Å². The van der Waals surface area contributed by atoms with Crippen molar-refractivity contribution in [3.63, 3.8) is 0 Å². The number of carbonyl (C=O) groups is 1. The minimum atomic E-state index is -0.503. The first-order valence-corrected chi connectivity index (χ1v) is 7.95. The van der Waals surface area contributed by atoms with Gasteiger partial charge in [0.05, 0.1) is 11.9 Å². The SMILES string of the molecule is O=C(Nc1ccccc1)c1nc(-c2cn(-c3cccc(Cl)c3)nn2)no1. The Morgan fingerprint density at radius 1 is 1.12 bits per heavy atom. The minimum Gasteiger partial charge on any atom is -0.328 e. The van der Waals surface area contributed by atoms with E-state index in [1.54, 1.807) is 36.5 Å². The van der Waals surface area contributed by atoms with Crippen LogP contribution in [0.4, 0.5) is 5.69 Å². The number of para-hydroxylation sites is 1. The van der Waals surface area contributed by atoms with Gasteiger partial charge in [-0.1, -0.05) is 46.2 Å². The van der Waals surface area contributed by atoms with Crippen LogP contribution in [0.15, 0.2) is 65.3 Å². The smallest absolute Gasteiger partial charge is 0.316 e. The number of nitrogens with zero attached hydrogens (tertiary/aromatic N) is 5. The number of nitrogens with one attached hydrogen (secondary N) is 1. The molecule has 4 rings (SSSR count).